The summed E-state index contributed by atoms with van der Waals surface area (Å²) in [5, 5.41) is 136. The summed E-state index contributed by atoms with van der Waals surface area (Å²) < 4.78 is 34.9. The van der Waals surface area contributed by atoms with E-state index in [0.717, 1.165) is 84.0 Å². The van der Waals surface area contributed by atoms with E-state index >= 15 is 0 Å². The molecular formula is C67H124N2O21. The van der Waals surface area contributed by atoms with Crippen LogP contribution in [0, 0.1) is 0 Å². The maximum atomic E-state index is 13.5. The van der Waals surface area contributed by atoms with Gasteiger partial charge in [-0.3, -0.25) is 9.59 Å². The van der Waals surface area contributed by atoms with Gasteiger partial charge in [0.2, 0.25) is 11.8 Å². The van der Waals surface area contributed by atoms with E-state index in [1.54, 1.807) is 0 Å². The lowest BCUT2D eigenvalue weighted by atomic mass is 9.88. The Morgan fingerprint density at radius 3 is 1.50 bits per heavy atom. The second-order valence-electron chi connectivity index (χ2n) is 25.7. The van der Waals surface area contributed by atoms with E-state index in [9.17, 15) is 75.7 Å². The number of aliphatic carboxylic acids is 1. The number of rotatable bonds is 53. The number of ether oxygens (including phenoxy) is 6. The molecule has 23 heteroatoms. The predicted octanol–water partition coefficient (Wildman–Crippen LogP) is 6.29. The Bertz CT molecular complexity index is 1870. The SMILES string of the molecule is CCCCCCCCCC/C=C\CCCCCCCCCC(=O)NC(COC1OC(CO)C(OC2OC(CO)C(O)C(OC3(C(=O)O)CC(O)C(NC(C)=O)C(C(O)C(O)CO)O3)C2O)C(O)C1O)C(O)CCCCCCCCCCCCCCCCCCC. The van der Waals surface area contributed by atoms with Gasteiger partial charge in [0.1, 0.15) is 67.1 Å². The number of hydrogen-bond donors (Lipinski definition) is 14. The normalized spacial score (nSPS) is 28.6. The molecule has 3 aliphatic heterocycles. The smallest absolute Gasteiger partial charge is 0.364 e. The maximum absolute atomic E-state index is 13.5. The standard InChI is InChI=1S/C67H124N2O21/c1-4-6-8-10-12-14-16-18-20-22-23-25-27-29-31-33-35-37-39-41-54(77)69-48(49(74)40-38-36-34-32-30-28-26-24-21-19-17-15-13-11-9-7-5-2)46-85-64-59(81)58(80)61(53(45-72)87-64)88-65-60(82)63(57(79)52(44-71)86-65)90-67(66(83)84)42-50(75)55(68-47(3)73)62(89-67)56(78)51(76)43-70/h22-23,48-53,55-65,70-72,74-76,78-82H,4-21,24-46H2,1-3H3,(H,68,73)(H,69,77)(H,83,84)/b23-22-. The first-order valence-electron chi connectivity index (χ1n) is 35.0. The van der Waals surface area contributed by atoms with Crippen LogP contribution >= 0.6 is 0 Å². The molecule has 0 bridgehead atoms. The van der Waals surface area contributed by atoms with Crippen molar-refractivity contribution in [2.24, 2.45) is 0 Å². The maximum Gasteiger partial charge on any atom is 0.364 e. The zero-order chi connectivity index (χ0) is 66.1. The highest BCUT2D eigenvalue weighted by Gasteiger charge is 2.60. The third-order valence-electron chi connectivity index (χ3n) is 18.0. The van der Waals surface area contributed by atoms with E-state index in [1.165, 1.54) is 128 Å². The van der Waals surface area contributed by atoms with Crippen LogP contribution in [0.4, 0.5) is 0 Å². The van der Waals surface area contributed by atoms with E-state index < -0.39 is 148 Å². The fourth-order valence-corrected chi connectivity index (χ4v) is 12.4. The highest BCUT2D eigenvalue weighted by atomic mass is 16.8. The van der Waals surface area contributed by atoms with E-state index in [2.05, 4.69) is 36.6 Å². The molecule has 14 N–H and O–H groups in total. The molecule has 2 amide bonds. The molecule has 90 heavy (non-hydrogen) atoms. The van der Waals surface area contributed by atoms with Crippen molar-refractivity contribution in [1.29, 1.82) is 0 Å². The number of aliphatic hydroxyl groups excluding tert-OH is 11. The largest absolute Gasteiger partial charge is 0.477 e. The van der Waals surface area contributed by atoms with Crippen LogP contribution in [0.2, 0.25) is 0 Å². The van der Waals surface area contributed by atoms with Gasteiger partial charge in [-0.2, -0.15) is 0 Å². The van der Waals surface area contributed by atoms with Crippen LogP contribution in [0.1, 0.15) is 258 Å². The fourth-order valence-electron chi connectivity index (χ4n) is 12.4. The zero-order valence-corrected chi connectivity index (χ0v) is 55.0. The van der Waals surface area contributed by atoms with Gasteiger partial charge < -0.3 is 100 Å². The molecule has 3 fully saturated rings. The van der Waals surface area contributed by atoms with Gasteiger partial charge in [0.05, 0.1) is 50.7 Å². The van der Waals surface area contributed by atoms with Gasteiger partial charge in [0.15, 0.2) is 12.6 Å². The lowest BCUT2D eigenvalue weighted by Gasteiger charge is -2.50. The van der Waals surface area contributed by atoms with Crippen molar-refractivity contribution in [1.82, 2.24) is 10.6 Å². The van der Waals surface area contributed by atoms with Gasteiger partial charge in [0.25, 0.3) is 5.79 Å². The zero-order valence-electron chi connectivity index (χ0n) is 55.0. The summed E-state index contributed by atoms with van der Waals surface area (Å²) in [4.78, 5) is 38.6. The second kappa shape index (κ2) is 48.2. The molecule has 0 aromatic rings. The summed E-state index contributed by atoms with van der Waals surface area (Å²) in [5.41, 5.74) is 0. The van der Waals surface area contributed by atoms with Gasteiger partial charge in [-0.15, -0.1) is 0 Å². The third kappa shape index (κ3) is 30.5. The van der Waals surface area contributed by atoms with Crippen molar-refractivity contribution in [3.63, 3.8) is 0 Å². The van der Waals surface area contributed by atoms with Gasteiger partial charge >= 0.3 is 5.97 Å². The predicted molar refractivity (Wildman–Crippen MR) is 338 cm³/mol. The van der Waals surface area contributed by atoms with Gasteiger partial charge in [-0.1, -0.05) is 212 Å². The van der Waals surface area contributed by atoms with Gasteiger partial charge in [0, 0.05) is 19.8 Å². The monoisotopic (exact) mass is 1290 g/mol. The van der Waals surface area contributed by atoms with Crippen LogP contribution in [0.3, 0.4) is 0 Å². The van der Waals surface area contributed by atoms with Crippen LogP contribution in [0.15, 0.2) is 12.2 Å². The first-order chi connectivity index (χ1) is 43.4. The molecule has 528 valence electrons. The number of unbranched alkanes of at least 4 members (excludes halogenated alkanes) is 31. The number of aliphatic hydroxyl groups is 11. The highest BCUT2D eigenvalue weighted by Crippen LogP contribution is 2.39. The van der Waals surface area contributed by atoms with Crippen LogP contribution in [-0.4, -0.2) is 215 Å². The molecule has 0 aliphatic carbocycles. The lowest BCUT2D eigenvalue weighted by Crippen LogP contribution is -2.70. The molecule has 3 aliphatic rings. The number of nitrogens with one attached hydrogen (secondary N) is 2. The molecule has 18 unspecified atom stereocenters. The molecular weight excluding hydrogens is 1170 g/mol. The lowest BCUT2D eigenvalue weighted by molar-refractivity contribution is -0.386. The molecule has 0 radical (unpaired) electrons. The van der Waals surface area contributed by atoms with Crippen molar-refractivity contribution in [2.75, 3.05) is 26.4 Å². The Morgan fingerprint density at radius 1 is 0.567 bits per heavy atom. The molecule has 0 aromatic carbocycles. The molecule has 3 saturated heterocycles. The molecule has 23 nitrogen and oxygen atoms in total. The fraction of sp³-hybridized carbons (Fsp3) is 0.925. The van der Waals surface area contributed by atoms with Crippen molar-refractivity contribution in [3.8, 4) is 0 Å². The minimum atomic E-state index is -3.08. The minimum Gasteiger partial charge on any atom is -0.477 e. The van der Waals surface area contributed by atoms with Gasteiger partial charge in [-0.05, 0) is 38.5 Å². The molecule has 3 heterocycles. The minimum absolute atomic E-state index is 0.220. The number of carbonyl (C=O) groups is 3. The summed E-state index contributed by atoms with van der Waals surface area (Å²) >= 11 is 0. The number of amides is 2. The third-order valence-corrected chi connectivity index (χ3v) is 18.0. The molecule has 18 atom stereocenters. The van der Waals surface area contributed by atoms with Crippen LogP contribution in [0.5, 0.6) is 0 Å². The van der Waals surface area contributed by atoms with E-state index in [4.69, 9.17) is 28.4 Å². The molecule has 0 aromatic heterocycles. The quantitative estimate of drug-likeness (QED) is 0.0235. The van der Waals surface area contributed by atoms with Crippen molar-refractivity contribution in [2.45, 2.75) is 368 Å². The van der Waals surface area contributed by atoms with E-state index in [-0.39, 0.29) is 18.9 Å². The van der Waals surface area contributed by atoms with Crippen LogP contribution in [0.25, 0.3) is 0 Å². The number of hydrogen-bond acceptors (Lipinski definition) is 20. The van der Waals surface area contributed by atoms with Crippen LogP contribution < -0.4 is 10.6 Å². The Balaban J connectivity index is 1.60. The van der Waals surface area contributed by atoms with Crippen LogP contribution in [-0.2, 0) is 42.8 Å². The molecule has 0 saturated carbocycles. The topological polar surface area (TPSA) is 373 Å². The second-order valence-corrected chi connectivity index (χ2v) is 25.7. The number of carboxylic acid groups (broad SMARTS) is 1. The molecule has 3 rings (SSSR count). The average Bonchev–Trinajstić information content (AvgIpc) is 1.10. The Kier molecular flexibility index (Phi) is 43.8. The first kappa shape index (κ1) is 81.7. The van der Waals surface area contributed by atoms with Crippen molar-refractivity contribution < 1.29 is 104 Å². The Morgan fingerprint density at radius 2 is 1.03 bits per heavy atom. The summed E-state index contributed by atoms with van der Waals surface area (Å²) in [6, 6.07) is -2.53. The number of carbonyl (C=O) groups excluding carboxylic acids is 2. The first-order valence-corrected chi connectivity index (χ1v) is 35.0. The van der Waals surface area contributed by atoms with E-state index in [0.29, 0.717) is 19.3 Å². The highest BCUT2D eigenvalue weighted by molar-refractivity contribution is 5.77. The van der Waals surface area contributed by atoms with Crippen molar-refractivity contribution >= 4 is 17.8 Å². The number of carboxylic acids is 1. The summed E-state index contributed by atoms with van der Waals surface area (Å²) in [5.74, 6) is -6.10. The number of allylic oxidation sites excluding steroid dienone is 2. The van der Waals surface area contributed by atoms with Crippen molar-refractivity contribution in [3.05, 3.63) is 12.2 Å². The summed E-state index contributed by atoms with van der Waals surface area (Å²) in [6.07, 6.45) is 16.3. The summed E-state index contributed by atoms with van der Waals surface area (Å²) in [6.45, 7) is 2.21. The Labute approximate surface area is 537 Å². The molecule has 0 spiro atoms. The average molecular weight is 1290 g/mol. The van der Waals surface area contributed by atoms with E-state index in [1.807, 2.05) is 0 Å². The summed E-state index contributed by atoms with van der Waals surface area (Å²) in [7, 11) is 0. The van der Waals surface area contributed by atoms with Gasteiger partial charge in [-0.25, -0.2) is 4.79 Å². The Hall–Kier alpha value is -2.53.